The zero-order valence-electron chi connectivity index (χ0n) is 16.1. The fourth-order valence-electron chi connectivity index (χ4n) is 3.24. The van der Waals surface area contributed by atoms with Gasteiger partial charge in [-0.05, 0) is 36.5 Å². The third-order valence-corrected chi connectivity index (χ3v) is 5.82. The molecule has 1 fully saturated rings. The minimum Gasteiger partial charge on any atom is -0.486 e. The SMILES string of the molecule is CC(C)[C@@H](NC(=O)CSc1nnc(C2CC2)n1N)c1ccc2c(c1)OCCO2. The number of rotatable bonds is 7. The highest BCUT2D eigenvalue weighted by Gasteiger charge is 2.30. The lowest BCUT2D eigenvalue weighted by Crippen LogP contribution is -2.33. The Morgan fingerprint density at radius 3 is 2.75 bits per heavy atom. The Morgan fingerprint density at radius 1 is 1.29 bits per heavy atom. The van der Waals surface area contributed by atoms with Crippen LogP contribution in [0.1, 0.15) is 50.0 Å². The van der Waals surface area contributed by atoms with Crippen LogP contribution in [0.2, 0.25) is 0 Å². The highest BCUT2D eigenvalue weighted by Crippen LogP contribution is 2.39. The Bertz CT molecular complexity index is 865. The van der Waals surface area contributed by atoms with E-state index in [9.17, 15) is 4.79 Å². The molecule has 4 rings (SSSR count). The van der Waals surface area contributed by atoms with Gasteiger partial charge in [-0.15, -0.1) is 10.2 Å². The van der Waals surface area contributed by atoms with Gasteiger partial charge < -0.3 is 20.6 Å². The van der Waals surface area contributed by atoms with E-state index >= 15 is 0 Å². The summed E-state index contributed by atoms with van der Waals surface area (Å²) in [7, 11) is 0. The number of amides is 1. The van der Waals surface area contributed by atoms with Crippen LogP contribution in [0, 0.1) is 5.92 Å². The molecule has 8 nitrogen and oxygen atoms in total. The van der Waals surface area contributed by atoms with E-state index in [0.29, 0.717) is 24.3 Å². The molecule has 0 saturated heterocycles. The van der Waals surface area contributed by atoms with Gasteiger partial charge in [0, 0.05) is 5.92 Å². The molecular formula is C19H25N5O3S. The molecule has 1 aliphatic carbocycles. The largest absolute Gasteiger partial charge is 0.486 e. The van der Waals surface area contributed by atoms with Gasteiger partial charge in [-0.3, -0.25) is 4.79 Å². The summed E-state index contributed by atoms with van der Waals surface area (Å²) < 4.78 is 12.8. The number of thioether (sulfide) groups is 1. The van der Waals surface area contributed by atoms with Crippen molar-refractivity contribution in [1.29, 1.82) is 0 Å². The van der Waals surface area contributed by atoms with E-state index < -0.39 is 0 Å². The minimum atomic E-state index is -0.123. The molecule has 0 spiro atoms. The summed E-state index contributed by atoms with van der Waals surface area (Å²) in [5, 5.41) is 11.9. The molecule has 2 aliphatic rings. The Balaban J connectivity index is 1.39. The van der Waals surface area contributed by atoms with Gasteiger partial charge in [0.1, 0.15) is 13.2 Å². The lowest BCUT2D eigenvalue weighted by molar-refractivity contribution is -0.119. The van der Waals surface area contributed by atoms with Crippen LogP contribution in [0.4, 0.5) is 0 Å². The quantitative estimate of drug-likeness (QED) is 0.540. The normalized spacial score (nSPS) is 16.8. The Kier molecular flexibility index (Phi) is 5.34. The van der Waals surface area contributed by atoms with Crippen molar-refractivity contribution in [2.45, 2.75) is 43.8 Å². The molecule has 150 valence electrons. The van der Waals surface area contributed by atoms with Gasteiger partial charge >= 0.3 is 0 Å². The van der Waals surface area contributed by atoms with E-state index in [2.05, 4.69) is 29.4 Å². The van der Waals surface area contributed by atoms with Crippen molar-refractivity contribution in [3.05, 3.63) is 29.6 Å². The minimum absolute atomic E-state index is 0.0745. The van der Waals surface area contributed by atoms with Crippen molar-refractivity contribution in [2.24, 2.45) is 5.92 Å². The fourth-order valence-corrected chi connectivity index (χ4v) is 3.91. The highest BCUT2D eigenvalue weighted by atomic mass is 32.2. The molecule has 1 aliphatic heterocycles. The number of benzene rings is 1. The van der Waals surface area contributed by atoms with E-state index in [-0.39, 0.29) is 23.6 Å². The number of ether oxygens (including phenoxy) is 2. The lowest BCUT2D eigenvalue weighted by Gasteiger charge is -2.25. The zero-order valence-corrected chi connectivity index (χ0v) is 16.9. The van der Waals surface area contributed by atoms with E-state index in [4.69, 9.17) is 15.3 Å². The van der Waals surface area contributed by atoms with Crippen LogP contribution < -0.4 is 20.6 Å². The summed E-state index contributed by atoms with van der Waals surface area (Å²) in [5.74, 6) is 9.11. The van der Waals surface area contributed by atoms with Crippen molar-refractivity contribution in [1.82, 2.24) is 20.2 Å². The second-order valence-corrected chi connectivity index (χ2v) is 8.41. The van der Waals surface area contributed by atoms with Crippen LogP contribution in [0.3, 0.4) is 0 Å². The third-order valence-electron chi connectivity index (χ3n) is 4.87. The summed E-state index contributed by atoms with van der Waals surface area (Å²) in [6.45, 7) is 5.25. The summed E-state index contributed by atoms with van der Waals surface area (Å²) in [4.78, 5) is 12.6. The van der Waals surface area contributed by atoms with Gasteiger partial charge in [0.15, 0.2) is 17.3 Å². The van der Waals surface area contributed by atoms with Gasteiger partial charge in [-0.25, -0.2) is 4.68 Å². The Morgan fingerprint density at radius 2 is 2.04 bits per heavy atom. The predicted molar refractivity (Wildman–Crippen MR) is 106 cm³/mol. The molecule has 2 heterocycles. The van der Waals surface area contributed by atoms with E-state index in [1.165, 1.54) is 16.4 Å². The summed E-state index contributed by atoms with van der Waals surface area (Å²) in [5.41, 5.74) is 0.996. The molecule has 9 heteroatoms. The average molecular weight is 404 g/mol. The first-order chi connectivity index (χ1) is 13.5. The van der Waals surface area contributed by atoms with Crippen LogP contribution in [-0.2, 0) is 4.79 Å². The standard InChI is InChI=1S/C19H25N5O3S/c1-11(2)17(13-5-6-14-15(9-13)27-8-7-26-14)21-16(25)10-28-19-23-22-18(24(19)20)12-3-4-12/h5-6,9,11-12,17H,3-4,7-8,10,20H2,1-2H3,(H,21,25)/t17-/m1/s1. The Labute approximate surface area is 168 Å². The number of nitrogen functional groups attached to an aromatic ring is 1. The number of fused-ring (bicyclic) bond motifs is 1. The molecule has 0 bridgehead atoms. The highest BCUT2D eigenvalue weighted by molar-refractivity contribution is 7.99. The first-order valence-corrected chi connectivity index (χ1v) is 10.5. The summed E-state index contributed by atoms with van der Waals surface area (Å²) >= 11 is 1.30. The second-order valence-electron chi connectivity index (χ2n) is 7.47. The van der Waals surface area contributed by atoms with Gasteiger partial charge in [0.05, 0.1) is 11.8 Å². The number of nitrogens with one attached hydrogen (secondary N) is 1. The number of nitrogens with zero attached hydrogens (tertiary/aromatic N) is 3. The Hall–Kier alpha value is -2.42. The molecule has 1 aromatic heterocycles. The molecule has 28 heavy (non-hydrogen) atoms. The lowest BCUT2D eigenvalue weighted by atomic mass is 9.95. The molecule has 0 radical (unpaired) electrons. The summed E-state index contributed by atoms with van der Waals surface area (Å²) in [6, 6.07) is 5.70. The molecule has 3 N–H and O–H groups in total. The molecule has 1 saturated carbocycles. The van der Waals surface area contributed by atoms with Crippen LogP contribution >= 0.6 is 11.8 Å². The first kappa shape index (κ1) is 18.9. The van der Waals surface area contributed by atoms with Gasteiger partial charge in [-0.1, -0.05) is 31.7 Å². The number of carbonyl (C=O) groups excluding carboxylic acids is 1. The van der Waals surface area contributed by atoms with E-state index in [1.54, 1.807) is 0 Å². The van der Waals surface area contributed by atoms with Crippen molar-refractivity contribution in [2.75, 3.05) is 24.8 Å². The third kappa shape index (κ3) is 4.04. The zero-order chi connectivity index (χ0) is 19.7. The number of hydrogen-bond donors (Lipinski definition) is 2. The van der Waals surface area contributed by atoms with Crippen molar-refractivity contribution < 1.29 is 14.3 Å². The first-order valence-electron chi connectivity index (χ1n) is 9.55. The molecule has 1 atom stereocenters. The monoisotopic (exact) mass is 403 g/mol. The number of aromatic nitrogens is 3. The molecule has 2 aromatic rings. The number of carbonyl (C=O) groups is 1. The van der Waals surface area contributed by atoms with E-state index in [0.717, 1.165) is 35.7 Å². The smallest absolute Gasteiger partial charge is 0.230 e. The predicted octanol–water partition coefficient (Wildman–Crippen LogP) is 2.25. The van der Waals surface area contributed by atoms with Crippen molar-refractivity contribution >= 4 is 17.7 Å². The summed E-state index contributed by atoms with van der Waals surface area (Å²) in [6.07, 6.45) is 2.21. The van der Waals surface area contributed by atoms with Crippen molar-refractivity contribution in [3.8, 4) is 11.5 Å². The van der Waals surface area contributed by atoms with Crippen LogP contribution in [0.15, 0.2) is 23.4 Å². The van der Waals surface area contributed by atoms with Crippen LogP contribution in [-0.4, -0.2) is 39.7 Å². The van der Waals surface area contributed by atoms with Gasteiger partial charge in [0.2, 0.25) is 11.1 Å². The van der Waals surface area contributed by atoms with Crippen LogP contribution in [0.5, 0.6) is 11.5 Å². The maximum Gasteiger partial charge on any atom is 0.230 e. The molecular weight excluding hydrogens is 378 g/mol. The van der Waals surface area contributed by atoms with Crippen molar-refractivity contribution in [3.63, 3.8) is 0 Å². The topological polar surface area (TPSA) is 104 Å². The maximum absolute atomic E-state index is 12.6. The van der Waals surface area contributed by atoms with Gasteiger partial charge in [-0.2, -0.15) is 0 Å². The van der Waals surface area contributed by atoms with E-state index in [1.807, 2.05) is 18.2 Å². The maximum atomic E-state index is 12.6. The molecule has 1 aromatic carbocycles. The second kappa shape index (κ2) is 7.90. The van der Waals surface area contributed by atoms with Crippen LogP contribution in [0.25, 0.3) is 0 Å². The number of hydrogen-bond acceptors (Lipinski definition) is 7. The molecule has 1 amide bonds. The molecule has 0 unspecified atom stereocenters. The fraction of sp³-hybridized carbons (Fsp3) is 0.526. The number of nitrogens with two attached hydrogens (primary N) is 1. The van der Waals surface area contributed by atoms with Gasteiger partial charge in [0.25, 0.3) is 0 Å². The average Bonchev–Trinajstić information content (AvgIpc) is 3.47.